The molecule has 0 bridgehead atoms. The number of alkyl halides is 3. The second-order valence-corrected chi connectivity index (χ2v) is 1.85. The maximum absolute atomic E-state index is 11.5. The predicted octanol–water partition coefficient (Wildman–Crippen LogP) is 1.76. The molecule has 0 aliphatic heterocycles. The molecule has 0 rings (SSSR count). The lowest BCUT2D eigenvalue weighted by Crippen LogP contribution is -2.07. The van der Waals surface area contributed by atoms with E-state index in [9.17, 15) is 18.0 Å². The SMILES string of the molecule is O=[C]OCC=C(Cl)C(F)(F)F. The molecule has 0 aliphatic rings. The second kappa shape index (κ2) is 4.23. The fourth-order valence-electron chi connectivity index (χ4n) is 0.265. The summed E-state index contributed by atoms with van der Waals surface area (Å²) in [6.45, 7) is 0.428. The van der Waals surface area contributed by atoms with E-state index in [0.717, 1.165) is 6.47 Å². The Morgan fingerprint density at radius 3 is 2.55 bits per heavy atom. The lowest BCUT2D eigenvalue weighted by atomic mass is 10.5. The fourth-order valence-corrected chi connectivity index (χ4v) is 0.328. The zero-order chi connectivity index (χ0) is 8.91. The number of rotatable bonds is 3. The molecule has 0 aromatic rings. The van der Waals surface area contributed by atoms with Crippen molar-refractivity contribution in [1.29, 1.82) is 0 Å². The van der Waals surface area contributed by atoms with E-state index in [-0.39, 0.29) is 0 Å². The molecule has 0 aliphatic carbocycles. The van der Waals surface area contributed by atoms with Crippen LogP contribution in [0.4, 0.5) is 13.2 Å². The van der Waals surface area contributed by atoms with Crippen LogP contribution in [0.25, 0.3) is 0 Å². The summed E-state index contributed by atoms with van der Waals surface area (Å²) in [7, 11) is 0. The van der Waals surface area contributed by atoms with Crippen LogP contribution >= 0.6 is 11.6 Å². The number of halogens is 4. The number of allylic oxidation sites excluding steroid dienone is 1. The van der Waals surface area contributed by atoms with Crippen molar-refractivity contribution in [2.75, 3.05) is 6.61 Å². The van der Waals surface area contributed by atoms with Crippen LogP contribution in [-0.4, -0.2) is 19.3 Å². The van der Waals surface area contributed by atoms with E-state index >= 15 is 0 Å². The predicted molar refractivity (Wildman–Crippen MR) is 31.6 cm³/mol. The molecule has 0 atom stereocenters. The quantitative estimate of drug-likeness (QED) is 0.630. The number of hydrogen-bond donors (Lipinski definition) is 0. The van der Waals surface area contributed by atoms with Gasteiger partial charge in [0.1, 0.15) is 11.6 Å². The average Bonchev–Trinajstić information content (AvgIpc) is 1.86. The molecule has 0 aromatic heterocycles. The first-order valence-electron chi connectivity index (χ1n) is 2.40. The Balaban J connectivity index is 3.90. The third-order valence-electron chi connectivity index (χ3n) is 0.676. The Morgan fingerprint density at radius 2 is 2.18 bits per heavy atom. The first-order chi connectivity index (χ1) is 4.98. The van der Waals surface area contributed by atoms with E-state index in [0.29, 0.717) is 6.08 Å². The molecule has 2 nitrogen and oxygen atoms in total. The molecule has 0 saturated carbocycles. The van der Waals surface area contributed by atoms with Crippen LogP contribution in [0.3, 0.4) is 0 Å². The van der Waals surface area contributed by atoms with Crippen molar-refractivity contribution in [3.05, 3.63) is 11.1 Å². The standard InChI is InChI=1S/C5H3ClF3O2/c6-4(5(7,8)9)1-2-11-3-10/h1H,2H2. The summed E-state index contributed by atoms with van der Waals surface area (Å²) < 4.78 is 38.4. The highest BCUT2D eigenvalue weighted by Crippen LogP contribution is 2.27. The zero-order valence-electron chi connectivity index (χ0n) is 5.11. The van der Waals surface area contributed by atoms with Gasteiger partial charge in [0.2, 0.25) is 0 Å². The van der Waals surface area contributed by atoms with Crippen molar-refractivity contribution in [2.45, 2.75) is 6.18 Å². The van der Waals surface area contributed by atoms with Gasteiger partial charge < -0.3 is 4.74 Å². The van der Waals surface area contributed by atoms with Gasteiger partial charge >= 0.3 is 12.6 Å². The van der Waals surface area contributed by atoms with Crippen LogP contribution in [0.5, 0.6) is 0 Å². The third kappa shape index (κ3) is 4.66. The molecule has 0 aromatic carbocycles. The lowest BCUT2D eigenvalue weighted by molar-refractivity contribution is -0.0849. The summed E-state index contributed by atoms with van der Waals surface area (Å²) in [6, 6.07) is 0. The Morgan fingerprint density at radius 1 is 1.64 bits per heavy atom. The first-order valence-corrected chi connectivity index (χ1v) is 2.78. The lowest BCUT2D eigenvalue weighted by Gasteiger charge is -2.02. The summed E-state index contributed by atoms with van der Waals surface area (Å²) in [5.41, 5.74) is 0. The summed E-state index contributed by atoms with van der Waals surface area (Å²) in [6.07, 6.45) is -4.04. The van der Waals surface area contributed by atoms with Crippen molar-refractivity contribution >= 4 is 18.1 Å². The van der Waals surface area contributed by atoms with Crippen LogP contribution < -0.4 is 0 Å². The van der Waals surface area contributed by atoms with Crippen molar-refractivity contribution in [3.63, 3.8) is 0 Å². The average molecular weight is 188 g/mol. The van der Waals surface area contributed by atoms with Crippen molar-refractivity contribution in [2.24, 2.45) is 0 Å². The second-order valence-electron chi connectivity index (χ2n) is 1.44. The van der Waals surface area contributed by atoms with Crippen LogP contribution in [0, 0.1) is 0 Å². The third-order valence-corrected chi connectivity index (χ3v) is 1.04. The van der Waals surface area contributed by atoms with Gasteiger partial charge in [-0.3, -0.25) is 0 Å². The highest BCUT2D eigenvalue weighted by molar-refractivity contribution is 6.30. The molecule has 11 heavy (non-hydrogen) atoms. The summed E-state index contributed by atoms with van der Waals surface area (Å²) in [4.78, 5) is 9.34. The minimum atomic E-state index is -4.58. The van der Waals surface area contributed by atoms with E-state index in [4.69, 9.17) is 11.6 Å². The van der Waals surface area contributed by atoms with E-state index < -0.39 is 17.8 Å². The molecule has 0 N–H and O–H groups in total. The molecule has 0 unspecified atom stereocenters. The van der Waals surface area contributed by atoms with Gasteiger partial charge in [-0.05, 0) is 6.08 Å². The fraction of sp³-hybridized carbons (Fsp3) is 0.400. The normalized spacial score (nSPS) is 12.9. The molecule has 0 amide bonds. The molecule has 0 saturated heterocycles. The van der Waals surface area contributed by atoms with Crippen LogP contribution in [-0.2, 0) is 9.53 Å². The Hall–Kier alpha value is -0.710. The van der Waals surface area contributed by atoms with Crippen LogP contribution in [0.2, 0.25) is 0 Å². The number of carbonyl (C=O) groups excluding carboxylic acids is 1. The van der Waals surface area contributed by atoms with Gasteiger partial charge in [-0.15, -0.1) is 0 Å². The van der Waals surface area contributed by atoms with Gasteiger partial charge in [0.15, 0.2) is 0 Å². The van der Waals surface area contributed by atoms with Crippen molar-refractivity contribution in [3.8, 4) is 0 Å². The van der Waals surface area contributed by atoms with E-state index in [1.807, 2.05) is 0 Å². The Kier molecular flexibility index (Phi) is 3.95. The summed E-state index contributed by atoms with van der Waals surface area (Å²) in [5, 5.41) is -1.31. The zero-order valence-corrected chi connectivity index (χ0v) is 5.87. The minimum Gasteiger partial charge on any atom is -0.453 e. The molecule has 63 valence electrons. The minimum absolute atomic E-state index is 0.526. The Labute approximate surface area is 65.6 Å². The monoisotopic (exact) mass is 187 g/mol. The molecule has 0 heterocycles. The Bertz CT molecular complexity index is 164. The van der Waals surface area contributed by atoms with Crippen LogP contribution in [0.15, 0.2) is 11.1 Å². The topological polar surface area (TPSA) is 26.3 Å². The maximum atomic E-state index is 11.5. The van der Waals surface area contributed by atoms with Gasteiger partial charge in [-0.1, -0.05) is 11.6 Å². The largest absolute Gasteiger partial charge is 0.453 e. The molecule has 6 heteroatoms. The van der Waals surface area contributed by atoms with Crippen molar-refractivity contribution < 1.29 is 22.7 Å². The van der Waals surface area contributed by atoms with Gasteiger partial charge in [-0.2, -0.15) is 13.2 Å². The summed E-state index contributed by atoms with van der Waals surface area (Å²) in [5.74, 6) is 0. The molecule has 0 fully saturated rings. The van der Waals surface area contributed by atoms with E-state index in [1.165, 1.54) is 0 Å². The molecular formula is C5H3ClF3O2. The summed E-state index contributed by atoms with van der Waals surface area (Å²) >= 11 is 4.72. The number of ether oxygens (including phenoxy) is 1. The van der Waals surface area contributed by atoms with Gasteiger partial charge in [0.05, 0.1) is 0 Å². The first kappa shape index (κ1) is 10.3. The highest BCUT2D eigenvalue weighted by atomic mass is 35.5. The van der Waals surface area contributed by atoms with E-state index in [2.05, 4.69) is 4.74 Å². The van der Waals surface area contributed by atoms with E-state index in [1.54, 1.807) is 0 Å². The molecule has 1 radical (unpaired) electrons. The van der Waals surface area contributed by atoms with Gasteiger partial charge in [0, 0.05) is 0 Å². The van der Waals surface area contributed by atoms with Crippen molar-refractivity contribution in [1.82, 2.24) is 0 Å². The number of hydrogen-bond acceptors (Lipinski definition) is 2. The molecular weight excluding hydrogens is 184 g/mol. The van der Waals surface area contributed by atoms with Crippen LogP contribution in [0.1, 0.15) is 0 Å². The maximum Gasteiger partial charge on any atom is 0.426 e. The molecule has 0 spiro atoms. The highest BCUT2D eigenvalue weighted by Gasteiger charge is 2.31. The van der Waals surface area contributed by atoms with Gasteiger partial charge in [0.25, 0.3) is 0 Å². The van der Waals surface area contributed by atoms with Gasteiger partial charge in [-0.25, -0.2) is 4.79 Å². The smallest absolute Gasteiger partial charge is 0.426 e.